The van der Waals surface area contributed by atoms with E-state index < -0.39 is 12.2 Å². The Kier molecular flexibility index (Phi) is 4.19. The van der Waals surface area contributed by atoms with E-state index in [9.17, 15) is 15.0 Å². The maximum absolute atomic E-state index is 11.9. The average Bonchev–Trinajstić information content (AvgIpc) is 2.62. The Bertz CT molecular complexity index is 466. The Morgan fingerprint density at radius 2 is 1.95 bits per heavy atom. The molecule has 1 aliphatic heterocycles. The summed E-state index contributed by atoms with van der Waals surface area (Å²) >= 11 is 0. The molecule has 0 bridgehead atoms. The predicted octanol–water partition coefficient (Wildman–Crippen LogP) is 0.279. The van der Waals surface area contributed by atoms with E-state index in [1.165, 1.54) is 0 Å². The van der Waals surface area contributed by atoms with Crippen molar-refractivity contribution in [3.63, 3.8) is 0 Å². The van der Waals surface area contributed by atoms with Crippen LogP contribution in [0.3, 0.4) is 0 Å². The SMILES string of the molecule is Cc1ccc(NC(=O)CN2C[C@@H](O)[C@@H](O)C2)c(C)c1. The zero-order chi connectivity index (χ0) is 14.0. The number of anilines is 1. The van der Waals surface area contributed by atoms with E-state index in [0.29, 0.717) is 13.1 Å². The van der Waals surface area contributed by atoms with Crippen LogP contribution >= 0.6 is 0 Å². The van der Waals surface area contributed by atoms with Crippen molar-refractivity contribution in [2.75, 3.05) is 25.0 Å². The lowest BCUT2D eigenvalue weighted by molar-refractivity contribution is -0.117. The molecule has 1 aliphatic rings. The van der Waals surface area contributed by atoms with Gasteiger partial charge in [-0.25, -0.2) is 0 Å². The number of carbonyl (C=O) groups excluding carboxylic acids is 1. The van der Waals surface area contributed by atoms with Crippen molar-refractivity contribution in [3.05, 3.63) is 29.3 Å². The highest BCUT2D eigenvalue weighted by Crippen LogP contribution is 2.16. The molecule has 2 rings (SSSR count). The Balaban J connectivity index is 1.91. The van der Waals surface area contributed by atoms with Crippen LogP contribution < -0.4 is 5.32 Å². The van der Waals surface area contributed by atoms with Gasteiger partial charge in [-0.2, -0.15) is 0 Å². The first-order chi connectivity index (χ1) is 8.95. The molecule has 19 heavy (non-hydrogen) atoms. The summed E-state index contributed by atoms with van der Waals surface area (Å²) in [5.41, 5.74) is 2.98. The Morgan fingerprint density at radius 1 is 1.32 bits per heavy atom. The molecular formula is C14H20N2O3. The van der Waals surface area contributed by atoms with Crippen molar-refractivity contribution in [1.29, 1.82) is 0 Å². The topological polar surface area (TPSA) is 72.8 Å². The number of nitrogens with zero attached hydrogens (tertiary/aromatic N) is 1. The smallest absolute Gasteiger partial charge is 0.238 e. The molecule has 2 atom stereocenters. The number of likely N-dealkylation sites (tertiary alicyclic amines) is 1. The van der Waals surface area contributed by atoms with Crippen molar-refractivity contribution in [3.8, 4) is 0 Å². The Morgan fingerprint density at radius 3 is 2.53 bits per heavy atom. The summed E-state index contributed by atoms with van der Waals surface area (Å²) in [6.45, 7) is 4.81. The van der Waals surface area contributed by atoms with Gasteiger partial charge >= 0.3 is 0 Å². The van der Waals surface area contributed by atoms with Crippen LogP contribution in [0.1, 0.15) is 11.1 Å². The Labute approximate surface area is 112 Å². The molecule has 104 valence electrons. The van der Waals surface area contributed by atoms with Crippen LogP contribution in [-0.4, -0.2) is 52.9 Å². The van der Waals surface area contributed by atoms with Crippen LogP contribution in [0.15, 0.2) is 18.2 Å². The van der Waals surface area contributed by atoms with Crippen LogP contribution in [0, 0.1) is 13.8 Å². The molecule has 0 spiro atoms. The second kappa shape index (κ2) is 5.69. The quantitative estimate of drug-likeness (QED) is 0.733. The fourth-order valence-corrected chi connectivity index (χ4v) is 2.32. The highest BCUT2D eigenvalue weighted by Gasteiger charge is 2.30. The van der Waals surface area contributed by atoms with E-state index in [0.717, 1.165) is 16.8 Å². The van der Waals surface area contributed by atoms with Crippen LogP contribution in [0.5, 0.6) is 0 Å². The molecule has 1 aromatic carbocycles. The number of carbonyl (C=O) groups is 1. The molecule has 5 heteroatoms. The molecule has 1 heterocycles. The molecule has 0 aromatic heterocycles. The number of nitrogens with one attached hydrogen (secondary N) is 1. The maximum Gasteiger partial charge on any atom is 0.238 e. The number of hydrogen-bond acceptors (Lipinski definition) is 4. The standard InChI is InChI=1S/C14H20N2O3/c1-9-3-4-11(10(2)5-9)15-14(19)8-16-6-12(17)13(18)7-16/h3-5,12-13,17-18H,6-8H2,1-2H3,(H,15,19)/t12-,13+. The molecule has 1 aromatic rings. The molecule has 1 fully saturated rings. The second-order valence-corrected chi connectivity index (χ2v) is 5.20. The highest BCUT2D eigenvalue weighted by atomic mass is 16.3. The lowest BCUT2D eigenvalue weighted by Crippen LogP contribution is -2.32. The minimum Gasteiger partial charge on any atom is -0.389 e. The van der Waals surface area contributed by atoms with E-state index in [-0.39, 0.29) is 12.5 Å². The summed E-state index contributed by atoms with van der Waals surface area (Å²) in [7, 11) is 0. The number of benzene rings is 1. The number of hydrogen-bond donors (Lipinski definition) is 3. The molecule has 0 saturated carbocycles. The zero-order valence-electron chi connectivity index (χ0n) is 11.3. The van der Waals surface area contributed by atoms with E-state index in [1.54, 1.807) is 4.90 Å². The summed E-state index contributed by atoms with van der Waals surface area (Å²) in [5.74, 6) is -0.131. The molecule has 1 amide bonds. The summed E-state index contributed by atoms with van der Waals surface area (Å²) in [6, 6.07) is 5.85. The van der Waals surface area contributed by atoms with Crippen LogP contribution in [0.2, 0.25) is 0 Å². The largest absolute Gasteiger partial charge is 0.389 e. The molecule has 1 saturated heterocycles. The van der Waals surface area contributed by atoms with Gasteiger partial charge in [0, 0.05) is 18.8 Å². The lowest BCUT2D eigenvalue weighted by atomic mass is 10.1. The normalized spacial score (nSPS) is 23.6. The first-order valence-corrected chi connectivity index (χ1v) is 6.41. The van der Waals surface area contributed by atoms with Crippen LogP contribution in [0.25, 0.3) is 0 Å². The third kappa shape index (κ3) is 3.53. The predicted molar refractivity (Wildman–Crippen MR) is 73.0 cm³/mol. The van der Waals surface area contributed by atoms with Gasteiger partial charge in [-0.05, 0) is 25.5 Å². The zero-order valence-corrected chi connectivity index (χ0v) is 11.3. The Hall–Kier alpha value is -1.43. The monoisotopic (exact) mass is 264 g/mol. The van der Waals surface area contributed by atoms with Gasteiger partial charge in [0.05, 0.1) is 18.8 Å². The second-order valence-electron chi connectivity index (χ2n) is 5.20. The first kappa shape index (κ1) is 14.0. The summed E-state index contributed by atoms with van der Waals surface area (Å²) in [6.07, 6.45) is -1.51. The number of aliphatic hydroxyl groups is 2. The number of β-amino-alcohol motifs (C(OH)–C–C–N with tert-alkyl or cyclic N) is 2. The minimum absolute atomic E-state index is 0.131. The van der Waals surface area contributed by atoms with Crippen LogP contribution in [0.4, 0.5) is 5.69 Å². The fraction of sp³-hybridized carbons (Fsp3) is 0.500. The van der Waals surface area contributed by atoms with E-state index in [1.807, 2.05) is 32.0 Å². The van der Waals surface area contributed by atoms with Crippen molar-refractivity contribution in [2.24, 2.45) is 0 Å². The van der Waals surface area contributed by atoms with Gasteiger partial charge in [0.1, 0.15) is 0 Å². The van der Waals surface area contributed by atoms with Gasteiger partial charge in [-0.1, -0.05) is 17.7 Å². The van der Waals surface area contributed by atoms with Crippen molar-refractivity contribution in [1.82, 2.24) is 4.90 Å². The number of amides is 1. The summed E-state index contributed by atoms with van der Waals surface area (Å²) in [5, 5.41) is 21.7. The molecule has 0 aliphatic carbocycles. The van der Waals surface area contributed by atoms with E-state index in [2.05, 4.69) is 5.32 Å². The van der Waals surface area contributed by atoms with Crippen molar-refractivity contribution in [2.45, 2.75) is 26.1 Å². The van der Waals surface area contributed by atoms with E-state index >= 15 is 0 Å². The highest BCUT2D eigenvalue weighted by molar-refractivity contribution is 5.93. The van der Waals surface area contributed by atoms with Gasteiger partial charge < -0.3 is 15.5 Å². The average molecular weight is 264 g/mol. The molecule has 5 nitrogen and oxygen atoms in total. The van der Waals surface area contributed by atoms with Gasteiger partial charge in [0.25, 0.3) is 0 Å². The molecular weight excluding hydrogens is 244 g/mol. The van der Waals surface area contributed by atoms with Gasteiger partial charge in [-0.3, -0.25) is 9.69 Å². The molecule has 0 unspecified atom stereocenters. The number of rotatable bonds is 3. The van der Waals surface area contributed by atoms with Crippen molar-refractivity contribution >= 4 is 11.6 Å². The van der Waals surface area contributed by atoms with Gasteiger partial charge in [0.2, 0.25) is 5.91 Å². The van der Waals surface area contributed by atoms with Crippen molar-refractivity contribution < 1.29 is 15.0 Å². The summed E-state index contributed by atoms with van der Waals surface area (Å²) in [4.78, 5) is 13.6. The van der Waals surface area contributed by atoms with E-state index in [4.69, 9.17) is 0 Å². The first-order valence-electron chi connectivity index (χ1n) is 6.41. The third-order valence-electron chi connectivity index (χ3n) is 3.36. The van der Waals surface area contributed by atoms with Gasteiger partial charge in [0.15, 0.2) is 0 Å². The minimum atomic E-state index is -0.756. The number of aryl methyl sites for hydroxylation is 2. The number of aliphatic hydroxyl groups excluding tert-OH is 2. The lowest BCUT2D eigenvalue weighted by Gasteiger charge is -2.15. The molecule has 0 radical (unpaired) electrons. The molecule has 3 N–H and O–H groups in total. The maximum atomic E-state index is 11.9. The third-order valence-corrected chi connectivity index (χ3v) is 3.36. The fourth-order valence-electron chi connectivity index (χ4n) is 2.32. The van der Waals surface area contributed by atoms with Gasteiger partial charge in [-0.15, -0.1) is 0 Å². The van der Waals surface area contributed by atoms with Crippen LogP contribution in [-0.2, 0) is 4.79 Å². The summed E-state index contributed by atoms with van der Waals surface area (Å²) < 4.78 is 0.